The van der Waals surface area contributed by atoms with Crippen molar-refractivity contribution in [1.29, 1.82) is 0 Å². The van der Waals surface area contributed by atoms with Crippen molar-refractivity contribution in [2.45, 2.75) is 31.6 Å². The number of hydrogen-bond donors (Lipinski definition) is 1. The highest BCUT2D eigenvalue weighted by molar-refractivity contribution is 5.83. The second kappa shape index (κ2) is 7.49. The summed E-state index contributed by atoms with van der Waals surface area (Å²) in [6.07, 6.45) is -2.53. The summed E-state index contributed by atoms with van der Waals surface area (Å²) in [4.78, 5) is 5.94. The van der Waals surface area contributed by atoms with Gasteiger partial charge >= 0.3 is 6.18 Å². The van der Waals surface area contributed by atoms with Crippen LogP contribution in [0.5, 0.6) is 0 Å². The van der Waals surface area contributed by atoms with Crippen molar-refractivity contribution < 1.29 is 17.6 Å². The minimum Gasteiger partial charge on any atom is -0.326 e. The van der Waals surface area contributed by atoms with Gasteiger partial charge in [-0.3, -0.25) is 9.30 Å². The molecule has 0 radical (unpaired) electrons. The first-order valence-corrected chi connectivity index (χ1v) is 10.2. The average molecular weight is 444 g/mol. The minimum absolute atomic E-state index is 0.0826. The van der Waals surface area contributed by atoms with E-state index < -0.39 is 12.2 Å². The number of nitrogens with zero attached hydrogens (tertiary/aromatic N) is 5. The molecule has 0 saturated carbocycles. The van der Waals surface area contributed by atoms with E-state index in [9.17, 15) is 17.6 Å². The van der Waals surface area contributed by atoms with Gasteiger partial charge in [-0.1, -0.05) is 12.1 Å². The monoisotopic (exact) mass is 444 g/mol. The predicted octanol–water partition coefficient (Wildman–Crippen LogP) is 4.03. The van der Waals surface area contributed by atoms with Crippen molar-refractivity contribution in [2.75, 3.05) is 13.1 Å². The first-order chi connectivity index (χ1) is 15.2. The molecular weight excluding hydrogens is 424 g/mol. The van der Waals surface area contributed by atoms with Gasteiger partial charge in [0.05, 0.1) is 5.52 Å². The lowest BCUT2D eigenvalue weighted by Gasteiger charge is -2.30. The van der Waals surface area contributed by atoms with Crippen LogP contribution in [0, 0.1) is 12.7 Å². The van der Waals surface area contributed by atoms with Gasteiger partial charge in [-0.25, -0.2) is 9.37 Å². The second-order valence-corrected chi connectivity index (χ2v) is 8.19. The molecule has 2 N–H and O–H groups in total. The van der Waals surface area contributed by atoms with Crippen LogP contribution in [0.4, 0.5) is 17.6 Å². The molecule has 5 rings (SSSR count). The molecule has 1 saturated heterocycles. The maximum atomic E-state index is 14.0. The molecule has 166 valence electrons. The number of pyridine rings is 2. The molecule has 1 fully saturated rings. The molecule has 2 atom stereocenters. The van der Waals surface area contributed by atoms with E-state index in [0.717, 1.165) is 0 Å². The average Bonchev–Trinajstić information content (AvgIpc) is 3.33. The normalized spacial score (nSPS) is 18.6. The van der Waals surface area contributed by atoms with E-state index in [0.29, 0.717) is 40.1 Å². The Hall–Kier alpha value is -3.11. The minimum atomic E-state index is -4.46. The van der Waals surface area contributed by atoms with Crippen molar-refractivity contribution in [3.05, 3.63) is 59.5 Å². The van der Waals surface area contributed by atoms with Gasteiger partial charge in [0, 0.05) is 30.7 Å². The lowest BCUT2D eigenvalue weighted by atomic mass is 10.1. The number of rotatable bonds is 3. The predicted molar refractivity (Wildman–Crippen MR) is 111 cm³/mol. The lowest BCUT2D eigenvalue weighted by molar-refractivity contribution is -0.183. The summed E-state index contributed by atoms with van der Waals surface area (Å²) >= 11 is 0. The lowest BCUT2D eigenvalue weighted by Crippen LogP contribution is -2.38. The quantitative estimate of drug-likeness (QED) is 0.483. The first kappa shape index (κ1) is 20.8. The summed E-state index contributed by atoms with van der Waals surface area (Å²) in [5.74, 6) is -0.0477. The molecule has 0 amide bonds. The van der Waals surface area contributed by atoms with E-state index in [1.807, 2.05) is 0 Å². The van der Waals surface area contributed by atoms with Gasteiger partial charge in [-0.05, 0) is 48.7 Å². The summed E-state index contributed by atoms with van der Waals surface area (Å²) in [5.41, 5.74) is 8.02. The Balaban J connectivity index is 1.62. The van der Waals surface area contributed by atoms with Crippen LogP contribution >= 0.6 is 0 Å². The molecule has 2 unspecified atom stereocenters. The molecule has 0 aliphatic carbocycles. The Morgan fingerprint density at radius 2 is 1.94 bits per heavy atom. The van der Waals surface area contributed by atoms with Crippen molar-refractivity contribution in [1.82, 2.24) is 24.5 Å². The molecule has 6 nitrogen and oxygen atoms in total. The number of hydrogen-bond acceptors (Lipinski definition) is 5. The van der Waals surface area contributed by atoms with E-state index in [1.165, 1.54) is 39.8 Å². The van der Waals surface area contributed by atoms with Crippen LogP contribution in [-0.4, -0.2) is 49.8 Å². The third-order valence-electron chi connectivity index (χ3n) is 5.85. The number of benzene rings is 1. The second-order valence-electron chi connectivity index (χ2n) is 8.19. The first-order valence-electron chi connectivity index (χ1n) is 10.2. The number of alkyl halides is 3. The summed E-state index contributed by atoms with van der Waals surface area (Å²) < 4.78 is 57.3. The van der Waals surface area contributed by atoms with Gasteiger partial charge in [0.1, 0.15) is 17.6 Å². The van der Waals surface area contributed by atoms with Gasteiger partial charge in [-0.2, -0.15) is 13.2 Å². The molecule has 4 aromatic rings. The van der Waals surface area contributed by atoms with E-state index in [1.54, 1.807) is 19.1 Å². The van der Waals surface area contributed by atoms with Gasteiger partial charge in [0.15, 0.2) is 11.5 Å². The van der Waals surface area contributed by atoms with E-state index in [2.05, 4.69) is 15.2 Å². The van der Waals surface area contributed by atoms with Crippen LogP contribution < -0.4 is 5.73 Å². The molecule has 3 aromatic heterocycles. The fraction of sp³-hybridized carbons (Fsp3) is 0.318. The van der Waals surface area contributed by atoms with E-state index in [-0.39, 0.29) is 30.5 Å². The Morgan fingerprint density at radius 3 is 2.66 bits per heavy atom. The van der Waals surface area contributed by atoms with Crippen molar-refractivity contribution in [3.63, 3.8) is 0 Å². The van der Waals surface area contributed by atoms with Crippen LogP contribution in [0.2, 0.25) is 0 Å². The maximum absolute atomic E-state index is 14.0. The number of likely N-dealkylation sites (tertiary alicyclic amines) is 1. The van der Waals surface area contributed by atoms with Crippen LogP contribution in [0.25, 0.3) is 28.1 Å². The van der Waals surface area contributed by atoms with Crippen LogP contribution in [0.3, 0.4) is 0 Å². The van der Waals surface area contributed by atoms with E-state index >= 15 is 0 Å². The number of fused-ring (bicyclic) bond motifs is 2. The topological polar surface area (TPSA) is 72.3 Å². The number of nitrogens with two attached hydrogens (primary N) is 1. The Labute approximate surface area is 180 Å². The van der Waals surface area contributed by atoms with Gasteiger partial charge in [0.2, 0.25) is 0 Å². The highest BCUT2D eigenvalue weighted by atomic mass is 19.4. The highest BCUT2D eigenvalue weighted by Crippen LogP contribution is 2.39. The molecule has 1 aromatic carbocycles. The van der Waals surface area contributed by atoms with Crippen molar-refractivity contribution in [2.24, 2.45) is 5.73 Å². The molecule has 4 heterocycles. The van der Waals surface area contributed by atoms with Crippen LogP contribution in [0.1, 0.15) is 23.6 Å². The maximum Gasteiger partial charge on any atom is 0.408 e. The Morgan fingerprint density at radius 1 is 1.12 bits per heavy atom. The molecule has 0 bridgehead atoms. The van der Waals surface area contributed by atoms with Crippen LogP contribution in [-0.2, 0) is 0 Å². The van der Waals surface area contributed by atoms with Crippen molar-refractivity contribution in [3.8, 4) is 11.5 Å². The fourth-order valence-corrected chi connectivity index (χ4v) is 4.39. The van der Waals surface area contributed by atoms with Crippen molar-refractivity contribution >= 4 is 16.6 Å². The zero-order chi connectivity index (χ0) is 22.6. The Kier molecular flexibility index (Phi) is 4.86. The largest absolute Gasteiger partial charge is 0.408 e. The third kappa shape index (κ3) is 3.59. The van der Waals surface area contributed by atoms with Gasteiger partial charge in [-0.15, -0.1) is 10.2 Å². The summed E-state index contributed by atoms with van der Waals surface area (Å²) in [6, 6.07) is 7.03. The molecule has 32 heavy (non-hydrogen) atoms. The fourth-order valence-electron chi connectivity index (χ4n) is 4.39. The summed E-state index contributed by atoms with van der Waals surface area (Å²) in [6.45, 7) is 2.21. The third-order valence-corrected chi connectivity index (χ3v) is 5.85. The SMILES string of the molecule is Cc1cc(F)cc2ccc(-c3nnc4ccc(C(N5CCC(N)C5)C(F)(F)F)cn34)nc12. The zero-order valence-electron chi connectivity index (χ0n) is 17.1. The van der Waals surface area contributed by atoms with Gasteiger partial charge < -0.3 is 5.73 Å². The number of halogens is 4. The summed E-state index contributed by atoms with van der Waals surface area (Å²) in [5, 5.41) is 8.86. The smallest absolute Gasteiger partial charge is 0.326 e. The summed E-state index contributed by atoms with van der Waals surface area (Å²) in [7, 11) is 0. The van der Waals surface area contributed by atoms with Gasteiger partial charge in [0.25, 0.3) is 0 Å². The van der Waals surface area contributed by atoms with E-state index in [4.69, 9.17) is 5.73 Å². The highest BCUT2D eigenvalue weighted by Gasteiger charge is 2.46. The molecule has 0 spiro atoms. The molecule has 10 heteroatoms. The number of aryl methyl sites for hydroxylation is 1. The Bertz CT molecular complexity index is 1320. The molecule has 1 aliphatic rings. The standard InChI is InChI=1S/C22H20F4N6/c1-12-8-15(23)9-13-2-4-17(28-19(12)13)21-30-29-18-5-3-14(10-32(18)21)20(22(24,25)26)31-7-6-16(27)11-31/h2-5,8-10,16,20H,6-7,11,27H2,1H3. The van der Waals surface area contributed by atoms with Crippen LogP contribution in [0.15, 0.2) is 42.6 Å². The molecular formula is C22H20F4N6. The zero-order valence-corrected chi connectivity index (χ0v) is 17.1. The molecule has 1 aliphatic heterocycles. The number of aromatic nitrogens is 4.